The van der Waals surface area contributed by atoms with Crippen molar-refractivity contribution in [3.05, 3.63) is 35.8 Å². The molecule has 0 unspecified atom stereocenters. The number of carbonyl (C=O) groups is 2. The number of nitrogens with one attached hydrogen (secondary N) is 3. The highest BCUT2D eigenvalue weighted by atomic mass is 16.2. The fraction of sp³-hybridized carbons (Fsp3) is 0.364. The van der Waals surface area contributed by atoms with Gasteiger partial charge in [0.05, 0.1) is 23.1 Å². The van der Waals surface area contributed by atoms with Gasteiger partial charge in [-0.1, -0.05) is 0 Å². The lowest BCUT2D eigenvalue weighted by Crippen LogP contribution is -2.27. The highest BCUT2D eigenvalue weighted by Crippen LogP contribution is 2.46. The van der Waals surface area contributed by atoms with E-state index in [1.165, 1.54) is 7.05 Å². The molecule has 1 fully saturated rings. The summed E-state index contributed by atoms with van der Waals surface area (Å²) in [6.07, 6.45) is 5.48. The molecule has 5 rings (SSSR count). The number of aromatic nitrogens is 5. The predicted molar refractivity (Wildman–Crippen MR) is 123 cm³/mol. The van der Waals surface area contributed by atoms with Gasteiger partial charge in [-0.15, -0.1) is 10.2 Å². The molecule has 0 aromatic carbocycles. The van der Waals surface area contributed by atoms with E-state index in [-0.39, 0.29) is 29.4 Å². The van der Waals surface area contributed by atoms with E-state index < -0.39 is 5.91 Å². The molecular formula is C22H25N9O2. The lowest BCUT2D eigenvalue weighted by molar-refractivity contribution is -0.117. The van der Waals surface area contributed by atoms with Crippen molar-refractivity contribution < 1.29 is 9.59 Å². The van der Waals surface area contributed by atoms with Crippen molar-refractivity contribution >= 4 is 34.8 Å². The summed E-state index contributed by atoms with van der Waals surface area (Å²) >= 11 is 0. The maximum absolute atomic E-state index is 12.5. The number of hydrogen-bond acceptors (Lipinski definition) is 8. The Labute approximate surface area is 190 Å². The molecule has 11 heteroatoms. The van der Waals surface area contributed by atoms with Crippen LogP contribution in [-0.4, -0.2) is 50.9 Å². The van der Waals surface area contributed by atoms with Crippen molar-refractivity contribution in [1.29, 1.82) is 0 Å². The molecule has 3 N–H and O–H groups in total. The van der Waals surface area contributed by atoms with E-state index >= 15 is 0 Å². The minimum absolute atomic E-state index is 0.0207. The van der Waals surface area contributed by atoms with Crippen molar-refractivity contribution in [1.82, 2.24) is 30.3 Å². The van der Waals surface area contributed by atoms with Gasteiger partial charge in [0.25, 0.3) is 5.91 Å². The van der Waals surface area contributed by atoms with Crippen LogP contribution in [0.5, 0.6) is 0 Å². The third-order valence-corrected chi connectivity index (χ3v) is 6.11. The van der Waals surface area contributed by atoms with Gasteiger partial charge in [0, 0.05) is 56.6 Å². The summed E-state index contributed by atoms with van der Waals surface area (Å²) in [5.41, 5.74) is 4.33. The van der Waals surface area contributed by atoms with Crippen molar-refractivity contribution in [3.63, 3.8) is 0 Å². The third kappa shape index (κ3) is 3.65. The van der Waals surface area contributed by atoms with Gasteiger partial charge in [-0.05, 0) is 25.8 Å². The molecule has 1 atom stereocenters. The molecule has 1 saturated carbocycles. The number of aryl methyl sites for hydroxylation is 1. The number of hydrogen-bond donors (Lipinski definition) is 3. The molecular weight excluding hydrogens is 422 g/mol. The molecule has 1 aliphatic heterocycles. The maximum Gasteiger partial charge on any atom is 0.273 e. The van der Waals surface area contributed by atoms with Crippen LogP contribution in [0.1, 0.15) is 41.9 Å². The van der Waals surface area contributed by atoms with Gasteiger partial charge in [-0.3, -0.25) is 14.3 Å². The Kier molecular flexibility index (Phi) is 4.95. The molecule has 170 valence electrons. The Balaban J connectivity index is 1.57. The van der Waals surface area contributed by atoms with Crippen molar-refractivity contribution in [2.45, 2.75) is 25.8 Å². The summed E-state index contributed by atoms with van der Waals surface area (Å²) in [4.78, 5) is 31.3. The van der Waals surface area contributed by atoms with E-state index in [9.17, 15) is 9.59 Å². The van der Waals surface area contributed by atoms with Gasteiger partial charge in [0.1, 0.15) is 0 Å². The van der Waals surface area contributed by atoms with Crippen LogP contribution < -0.4 is 20.9 Å². The summed E-state index contributed by atoms with van der Waals surface area (Å²) in [5, 5.41) is 21.4. The van der Waals surface area contributed by atoms with Gasteiger partial charge in [0.15, 0.2) is 17.3 Å². The first-order valence-electron chi connectivity index (χ1n) is 10.8. The molecule has 0 spiro atoms. The van der Waals surface area contributed by atoms with E-state index in [0.717, 1.165) is 35.3 Å². The summed E-state index contributed by atoms with van der Waals surface area (Å²) in [6, 6.07) is 3.62. The average Bonchev–Trinajstić information content (AvgIpc) is 3.58. The quantitative estimate of drug-likeness (QED) is 0.543. The summed E-state index contributed by atoms with van der Waals surface area (Å²) in [5.74, 6) is 0.363. The first-order chi connectivity index (χ1) is 15.9. The fourth-order valence-corrected chi connectivity index (χ4v) is 4.05. The number of amides is 2. The van der Waals surface area contributed by atoms with Gasteiger partial charge in [-0.2, -0.15) is 5.10 Å². The normalized spacial score (nSPS) is 16.6. The van der Waals surface area contributed by atoms with E-state index in [1.54, 1.807) is 12.3 Å². The number of anilines is 4. The molecule has 0 saturated heterocycles. The minimum atomic E-state index is -0.399. The lowest BCUT2D eigenvalue weighted by atomic mass is 9.96. The Morgan fingerprint density at radius 1 is 1.18 bits per heavy atom. The Bertz CT molecular complexity index is 1260. The number of rotatable bonds is 5. The van der Waals surface area contributed by atoms with Crippen molar-refractivity contribution in [3.8, 4) is 11.3 Å². The van der Waals surface area contributed by atoms with Gasteiger partial charge >= 0.3 is 0 Å². The lowest BCUT2D eigenvalue weighted by Gasteiger charge is -2.34. The average molecular weight is 448 g/mol. The molecule has 3 aromatic rings. The summed E-state index contributed by atoms with van der Waals surface area (Å²) in [7, 11) is 5.43. The number of fused-ring (bicyclic) bond motifs is 3. The molecule has 1 aliphatic carbocycles. The van der Waals surface area contributed by atoms with Gasteiger partial charge in [0.2, 0.25) is 5.91 Å². The Morgan fingerprint density at radius 2 is 1.97 bits per heavy atom. The number of pyridine rings is 1. The number of nitrogens with zero attached hydrogens (tertiary/aromatic N) is 6. The molecule has 11 nitrogen and oxygen atoms in total. The largest absolute Gasteiger partial charge is 0.364 e. The van der Waals surface area contributed by atoms with Gasteiger partial charge < -0.3 is 20.9 Å². The fourth-order valence-electron chi connectivity index (χ4n) is 4.05. The van der Waals surface area contributed by atoms with Crippen molar-refractivity contribution in [2.75, 3.05) is 29.6 Å². The summed E-state index contributed by atoms with van der Waals surface area (Å²) < 4.78 is 1.81. The van der Waals surface area contributed by atoms with Gasteiger partial charge in [-0.25, -0.2) is 4.98 Å². The molecule has 4 heterocycles. The zero-order valence-corrected chi connectivity index (χ0v) is 18.9. The first-order valence-corrected chi connectivity index (χ1v) is 10.8. The third-order valence-electron chi connectivity index (χ3n) is 6.11. The predicted octanol–water partition coefficient (Wildman–Crippen LogP) is 2.23. The highest BCUT2D eigenvalue weighted by Gasteiger charge is 2.32. The molecule has 2 aliphatic rings. The van der Waals surface area contributed by atoms with Crippen LogP contribution in [0.25, 0.3) is 11.3 Å². The molecule has 3 aromatic heterocycles. The van der Waals surface area contributed by atoms with Crippen molar-refractivity contribution in [2.24, 2.45) is 13.0 Å². The Hall–Kier alpha value is -4.02. The summed E-state index contributed by atoms with van der Waals surface area (Å²) in [6.45, 7) is 2.11. The zero-order chi connectivity index (χ0) is 23.3. The van der Waals surface area contributed by atoms with E-state index in [0.29, 0.717) is 11.5 Å². The highest BCUT2D eigenvalue weighted by molar-refractivity contribution is 6.00. The Morgan fingerprint density at radius 3 is 2.70 bits per heavy atom. The molecule has 2 amide bonds. The van der Waals surface area contributed by atoms with Crippen LogP contribution in [0.2, 0.25) is 0 Å². The van der Waals surface area contributed by atoms with E-state index in [1.807, 2.05) is 31.0 Å². The SMILES string of the molecule is CNC(=O)c1nnc(NC(=O)C2CC2)cc1Nc1nccc2c1N(C)[C@@H](C)c1cn(C)nc1-2. The van der Waals surface area contributed by atoms with E-state index in [4.69, 9.17) is 0 Å². The molecule has 33 heavy (non-hydrogen) atoms. The van der Waals surface area contributed by atoms with Crippen LogP contribution in [0.15, 0.2) is 24.5 Å². The monoisotopic (exact) mass is 447 g/mol. The molecule has 0 radical (unpaired) electrons. The van der Waals surface area contributed by atoms with E-state index in [2.05, 4.69) is 48.1 Å². The van der Waals surface area contributed by atoms with Crippen LogP contribution in [0, 0.1) is 5.92 Å². The number of carbonyl (C=O) groups excluding carboxylic acids is 2. The second kappa shape index (κ2) is 7.84. The topological polar surface area (TPSA) is 130 Å². The maximum atomic E-state index is 12.5. The van der Waals surface area contributed by atoms with Crippen LogP contribution in [-0.2, 0) is 11.8 Å². The van der Waals surface area contributed by atoms with Crippen LogP contribution in [0.3, 0.4) is 0 Å². The smallest absolute Gasteiger partial charge is 0.273 e. The first kappa shape index (κ1) is 20.9. The minimum Gasteiger partial charge on any atom is -0.364 e. The van der Waals surface area contributed by atoms with Crippen LogP contribution in [0.4, 0.5) is 23.0 Å². The molecule has 0 bridgehead atoms. The van der Waals surface area contributed by atoms with Crippen LogP contribution >= 0.6 is 0 Å². The zero-order valence-electron chi connectivity index (χ0n) is 18.9. The standard InChI is InChI=1S/C22H25N9O2/c1-11-14-10-30(3)29-17(14)13-7-8-24-20(19(13)31(11)4)25-15-9-16(26-21(32)12-5-6-12)27-28-18(15)22(33)23-2/h7-12H,5-6H2,1-4H3,(H,23,33)(H2,24,25,26,27,32)/t11-/m0/s1. The second-order valence-corrected chi connectivity index (χ2v) is 8.41. The second-order valence-electron chi connectivity index (χ2n) is 8.41.